The Morgan fingerprint density at radius 3 is 2.12 bits per heavy atom. The molecular weight excluding hydrogens is 198 g/mol. The zero-order valence-electron chi connectivity index (χ0n) is 10.7. The third-order valence-electron chi connectivity index (χ3n) is 3.00. The zero-order chi connectivity index (χ0) is 12.3. The van der Waals surface area contributed by atoms with Crippen LogP contribution in [0.5, 0.6) is 0 Å². The van der Waals surface area contributed by atoms with Gasteiger partial charge in [0.15, 0.2) is 0 Å². The first-order chi connectivity index (χ1) is 7.47. The van der Waals surface area contributed by atoms with E-state index in [0.29, 0.717) is 11.8 Å². The van der Waals surface area contributed by atoms with E-state index >= 15 is 0 Å². The summed E-state index contributed by atoms with van der Waals surface area (Å²) in [7, 11) is 0. The van der Waals surface area contributed by atoms with Crippen molar-refractivity contribution in [1.82, 2.24) is 0 Å². The van der Waals surface area contributed by atoms with Crippen molar-refractivity contribution in [3.63, 3.8) is 0 Å². The first-order valence-corrected chi connectivity index (χ1v) is 5.97. The monoisotopic (exact) mass is 221 g/mol. The number of hydrogen-bond acceptors (Lipinski definition) is 2. The minimum Gasteiger partial charge on any atom is -0.394 e. The Hall–Kier alpha value is -0.860. The average molecular weight is 221 g/mol. The summed E-state index contributed by atoms with van der Waals surface area (Å²) in [6, 6.07) is 6.18. The molecule has 0 radical (unpaired) electrons. The fourth-order valence-electron chi connectivity index (χ4n) is 1.90. The van der Waals surface area contributed by atoms with Crippen LogP contribution in [0.1, 0.15) is 62.3 Å². The third-order valence-corrected chi connectivity index (χ3v) is 3.00. The van der Waals surface area contributed by atoms with Crippen LogP contribution in [-0.2, 0) is 0 Å². The molecule has 90 valence electrons. The minimum absolute atomic E-state index is 0.00126. The molecule has 2 heteroatoms. The molecule has 0 amide bonds. The Morgan fingerprint density at radius 2 is 1.69 bits per heavy atom. The van der Waals surface area contributed by atoms with E-state index in [1.807, 2.05) is 0 Å². The van der Waals surface area contributed by atoms with E-state index in [0.717, 1.165) is 5.56 Å². The fourth-order valence-corrected chi connectivity index (χ4v) is 1.90. The van der Waals surface area contributed by atoms with E-state index in [9.17, 15) is 5.11 Å². The molecule has 0 aliphatic heterocycles. The standard InChI is InChI=1S/C14H23NO/c1-9(2)11-5-6-12(10(3)4)13(7-11)14(15)8-16/h5-7,9-10,14,16H,8,15H2,1-4H3. The molecule has 1 aromatic carbocycles. The van der Waals surface area contributed by atoms with Gasteiger partial charge in [0, 0.05) is 0 Å². The lowest BCUT2D eigenvalue weighted by Crippen LogP contribution is -2.17. The quantitative estimate of drug-likeness (QED) is 0.821. The van der Waals surface area contributed by atoms with Crippen molar-refractivity contribution in [3.8, 4) is 0 Å². The summed E-state index contributed by atoms with van der Waals surface area (Å²) in [5, 5.41) is 9.20. The number of nitrogens with two attached hydrogens (primary N) is 1. The van der Waals surface area contributed by atoms with Crippen molar-refractivity contribution in [2.45, 2.75) is 45.6 Å². The molecular formula is C14H23NO. The molecule has 0 aliphatic carbocycles. The van der Waals surface area contributed by atoms with Gasteiger partial charge < -0.3 is 10.8 Å². The highest BCUT2D eigenvalue weighted by Crippen LogP contribution is 2.27. The van der Waals surface area contributed by atoms with Gasteiger partial charge in [-0.15, -0.1) is 0 Å². The highest BCUT2D eigenvalue weighted by molar-refractivity contribution is 5.37. The van der Waals surface area contributed by atoms with E-state index in [-0.39, 0.29) is 12.6 Å². The van der Waals surface area contributed by atoms with Crippen molar-refractivity contribution >= 4 is 0 Å². The van der Waals surface area contributed by atoms with Crippen LogP contribution in [0.2, 0.25) is 0 Å². The van der Waals surface area contributed by atoms with Gasteiger partial charge in [-0.05, 0) is 28.5 Å². The number of rotatable bonds is 4. The molecule has 16 heavy (non-hydrogen) atoms. The Morgan fingerprint density at radius 1 is 1.06 bits per heavy atom. The summed E-state index contributed by atoms with van der Waals surface area (Å²) in [6.45, 7) is 8.63. The number of benzene rings is 1. The summed E-state index contributed by atoms with van der Waals surface area (Å²) < 4.78 is 0. The molecule has 0 aromatic heterocycles. The second kappa shape index (κ2) is 5.46. The molecule has 0 saturated carbocycles. The van der Waals surface area contributed by atoms with Crippen LogP contribution < -0.4 is 5.73 Å². The van der Waals surface area contributed by atoms with Crippen LogP contribution in [0, 0.1) is 0 Å². The van der Waals surface area contributed by atoms with E-state index in [1.165, 1.54) is 11.1 Å². The molecule has 1 rings (SSSR count). The van der Waals surface area contributed by atoms with Crippen molar-refractivity contribution in [2.75, 3.05) is 6.61 Å². The summed E-state index contributed by atoms with van der Waals surface area (Å²) in [5.74, 6) is 0.930. The zero-order valence-corrected chi connectivity index (χ0v) is 10.7. The molecule has 2 nitrogen and oxygen atoms in total. The Labute approximate surface area is 98.5 Å². The van der Waals surface area contributed by atoms with Crippen LogP contribution >= 0.6 is 0 Å². The summed E-state index contributed by atoms with van der Waals surface area (Å²) >= 11 is 0. The average Bonchev–Trinajstić information content (AvgIpc) is 2.26. The normalized spacial score (nSPS) is 13.5. The maximum atomic E-state index is 9.20. The van der Waals surface area contributed by atoms with Gasteiger partial charge in [-0.25, -0.2) is 0 Å². The predicted molar refractivity (Wildman–Crippen MR) is 68.6 cm³/mol. The van der Waals surface area contributed by atoms with Crippen LogP contribution in [0.4, 0.5) is 0 Å². The van der Waals surface area contributed by atoms with E-state index in [2.05, 4.69) is 45.9 Å². The lowest BCUT2D eigenvalue weighted by molar-refractivity contribution is 0.267. The van der Waals surface area contributed by atoms with Crippen molar-refractivity contribution < 1.29 is 5.11 Å². The molecule has 0 saturated heterocycles. The topological polar surface area (TPSA) is 46.2 Å². The van der Waals surface area contributed by atoms with E-state index < -0.39 is 0 Å². The minimum atomic E-state index is -0.268. The van der Waals surface area contributed by atoms with Crippen LogP contribution in [-0.4, -0.2) is 11.7 Å². The summed E-state index contributed by atoms with van der Waals surface area (Å²) in [5.41, 5.74) is 9.56. The van der Waals surface area contributed by atoms with Crippen LogP contribution in [0.25, 0.3) is 0 Å². The lowest BCUT2D eigenvalue weighted by atomic mass is 9.89. The number of aliphatic hydroxyl groups is 1. The lowest BCUT2D eigenvalue weighted by Gasteiger charge is -2.19. The van der Waals surface area contributed by atoms with Gasteiger partial charge in [0.2, 0.25) is 0 Å². The van der Waals surface area contributed by atoms with Gasteiger partial charge in [-0.3, -0.25) is 0 Å². The Bertz CT molecular complexity index is 345. The maximum Gasteiger partial charge on any atom is 0.0624 e. The number of hydrogen-bond donors (Lipinski definition) is 2. The van der Waals surface area contributed by atoms with Gasteiger partial charge in [0.1, 0.15) is 0 Å². The van der Waals surface area contributed by atoms with Crippen LogP contribution in [0.15, 0.2) is 18.2 Å². The molecule has 0 spiro atoms. The highest BCUT2D eigenvalue weighted by atomic mass is 16.3. The van der Waals surface area contributed by atoms with Gasteiger partial charge in [0.25, 0.3) is 0 Å². The molecule has 0 fully saturated rings. The van der Waals surface area contributed by atoms with E-state index in [4.69, 9.17) is 5.73 Å². The first kappa shape index (κ1) is 13.2. The highest BCUT2D eigenvalue weighted by Gasteiger charge is 2.14. The SMILES string of the molecule is CC(C)c1ccc(C(C)C)c(C(N)CO)c1. The number of aliphatic hydroxyl groups excluding tert-OH is 1. The van der Waals surface area contributed by atoms with E-state index in [1.54, 1.807) is 0 Å². The maximum absolute atomic E-state index is 9.20. The summed E-state index contributed by atoms with van der Waals surface area (Å²) in [4.78, 5) is 0. The second-order valence-corrected chi connectivity index (χ2v) is 4.99. The second-order valence-electron chi connectivity index (χ2n) is 4.99. The molecule has 1 aromatic rings. The fraction of sp³-hybridized carbons (Fsp3) is 0.571. The van der Waals surface area contributed by atoms with Gasteiger partial charge in [0.05, 0.1) is 12.6 Å². The van der Waals surface area contributed by atoms with Crippen LogP contribution in [0.3, 0.4) is 0 Å². The smallest absolute Gasteiger partial charge is 0.0624 e. The molecule has 1 atom stereocenters. The predicted octanol–water partition coefficient (Wildman–Crippen LogP) is 2.93. The first-order valence-electron chi connectivity index (χ1n) is 5.97. The Kier molecular flexibility index (Phi) is 4.51. The van der Waals surface area contributed by atoms with Crippen molar-refractivity contribution in [1.29, 1.82) is 0 Å². The molecule has 0 heterocycles. The molecule has 3 N–H and O–H groups in total. The van der Waals surface area contributed by atoms with Crippen molar-refractivity contribution in [2.24, 2.45) is 5.73 Å². The Balaban J connectivity index is 3.21. The van der Waals surface area contributed by atoms with Gasteiger partial charge in [-0.1, -0.05) is 45.9 Å². The summed E-state index contributed by atoms with van der Waals surface area (Å²) in [6.07, 6.45) is 0. The third kappa shape index (κ3) is 2.83. The van der Waals surface area contributed by atoms with Gasteiger partial charge in [-0.2, -0.15) is 0 Å². The largest absolute Gasteiger partial charge is 0.394 e. The van der Waals surface area contributed by atoms with Crippen molar-refractivity contribution in [3.05, 3.63) is 34.9 Å². The molecule has 0 aliphatic rings. The molecule has 1 unspecified atom stereocenters. The molecule has 0 bridgehead atoms. The van der Waals surface area contributed by atoms with Gasteiger partial charge >= 0.3 is 0 Å².